The van der Waals surface area contributed by atoms with Gasteiger partial charge < -0.3 is 5.73 Å². The third kappa shape index (κ3) is 0.454. The van der Waals surface area contributed by atoms with E-state index in [-0.39, 0.29) is 0 Å². The predicted octanol–water partition coefficient (Wildman–Crippen LogP) is 1.48. The first-order valence-corrected chi connectivity index (χ1v) is 5.54. The van der Waals surface area contributed by atoms with Crippen LogP contribution in [0.3, 0.4) is 0 Å². The van der Waals surface area contributed by atoms with Gasteiger partial charge in [0.05, 0.1) is 0 Å². The van der Waals surface area contributed by atoms with Gasteiger partial charge in [0.1, 0.15) is 0 Å². The van der Waals surface area contributed by atoms with Crippen LogP contribution in [0.1, 0.15) is 19.8 Å². The average Bonchev–Trinajstić information content (AvgIpc) is 2.45. The minimum atomic E-state index is 0.475. The van der Waals surface area contributed by atoms with Crippen LogP contribution in [0.5, 0.6) is 0 Å². The summed E-state index contributed by atoms with van der Waals surface area (Å²) in [6, 6.07) is 0.475. The molecule has 5 aliphatic rings. The van der Waals surface area contributed by atoms with Gasteiger partial charge in [-0.2, -0.15) is 0 Å². The topological polar surface area (TPSA) is 26.0 Å². The van der Waals surface area contributed by atoms with Crippen LogP contribution in [0, 0.1) is 41.4 Å². The summed E-state index contributed by atoms with van der Waals surface area (Å²) in [5, 5.41) is 0. The predicted molar refractivity (Wildman–Crippen MR) is 47.3 cm³/mol. The van der Waals surface area contributed by atoms with E-state index in [0.717, 1.165) is 23.7 Å². The molecule has 0 amide bonds. The normalized spacial score (nSPS) is 72.0. The van der Waals surface area contributed by atoms with Crippen molar-refractivity contribution in [2.24, 2.45) is 47.2 Å². The van der Waals surface area contributed by atoms with Crippen LogP contribution < -0.4 is 5.73 Å². The van der Waals surface area contributed by atoms with Crippen LogP contribution in [0.25, 0.3) is 0 Å². The lowest BCUT2D eigenvalue weighted by molar-refractivity contribution is 0.272. The van der Waals surface area contributed by atoms with Crippen molar-refractivity contribution < 1.29 is 0 Å². The van der Waals surface area contributed by atoms with E-state index in [9.17, 15) is 0 Å². The van der Waals surface area contributed by atoms with Crippen LogP contribution in [0.15, 0.2) is 0 Å². The molecule has 0 aromatic heterocycles. The van der Waals surface area contributed by atoms with Gasteiger partial charge in [-0.25, -0.2) is 0 Å². The molecule has 0 aromatic carbocycles. The summed E-state index contributed by atoms with van der Waals surface area (Å²) in [4.78, 5) is 0. The van der Waals surface area contributed by atoms with Crippen molar-refractivity contribution >= 4 is 0 Å². The number of hydrogen-bond donors (Lipinski definition) is 1. The van der Waals surface area contributed by atoms with Crippen LogP contribution >= 0.6 is 0 Å². The minimum Gasteiger partial charge on any atom is -0.328 e. The Morgan fingerprint density at radius 3 is 2.25 bits per heavy atom. The van der Waals surface area contributed by atoms with Gasteiger partial charge in [0.25, 0.3) is 0 Å². The number of hydrogen-bond acceptors (Lipinski definition) is 1. The maximum absolute atomic E-state index is 6.05. The molecule has 0 radical (unpaired) electrons. The smallest absolute Gasteiger partial charge is 0.00417 e. The molecule has 1 heteroatoms. The Kier molecular flexibility index (Phi) is 0.863. The minimum absolute atomic E-state index is 0.475. The summed E-state index contributed by atoms with van der Waals surface area (Å²) < 4.78 is 0. The van der Waals surface area contributed by atoms with Gasteiger partial charge in [-0.15, -0.1) is 0 Å². The summed E-state index contributed by atoms with van der Waals surface area (Å²) in [6.45, 7) is 2.22. The zero-order valence-electron chi connectivity index (χ0n) is 7.61. The largest absolute Gasteiger partial charge is 0.328 e. The zero-order valence-corrected chi connectivity index (χ0v) is 7.61. The third-order valence-electron chi connectivity index (χ3n) is 5.53. The van der Waals surface area contributed by atoms with Crippen molar-refractivity contribution in [2.75, 3.05) is 0 Å². The van der Waals surface area contributed by atoms with E-state index in [1.54, 1.807) is 6.42 Å². The molecule has 0 saturated heterocycles. The molecule has 1 nitrogen and oxygen atoms in total. The van der Waals surface area contributed by atoms with Crippen LogP contribution in [-0.4, -0.2) is 6.04 Å². The molecule has 12 heavy (non-hydrogen) atoms. The molecule has 0 heterocycles. The second-order valence-corrected chi connectivity index (χ2v) is 5.72. The highest BCUT2D eigenvalue weighted by atomic mass is 14.8. The average molecular weight is 163 g/mol. The lowest BCUT2D eigenvalue weighted by atomic mass is 9.84. The zero-order chi connectivity index (χ0) is 8.03. The fourth-order valence-electron chi connectivity index (χ4n) is 5.36. The monoisotopic (exact) mass is 163 g/mol. The quantitative estimate of drug-likeness (QED) is 0.622. The summed E-state index contributed by atoms with van der Waals surface area (Å²) in [7, 11) is 0. The van der Waals surface area contributed by atoms with E-state index < -0.39 is 0 Å². The molecule has 7 unspecified atom stereocenters. The maximum Gasteiger partial charge on any atom is 0.00417 e. The maximum atomic E-state index is 6.05. The van der Waals surface area contributed by atoms with Gasteiger partial charge >= 0.3 is 0 Å². The van der Waals surface area contributed by atoms with Gasteiger partial charge in [0.2, 0.25) is 0 Å². The van der Waals surface area contributed by atoms with Crippen LogP contribution in [0.2, 0.25) is 0 Å². The van der Waals surface area contributed by atoms with Crippen LogP contribution in [0.4, 0.5) is 0 Å². The number of rotatable bonds is 1. The molecule has 66 valence electrons. The summed E-state index contributed by atoms with van der Waals surface area (Å²) in [6.07, 6.45) is 3.08. The van der Waals surface area contributed by atoms with Gasteiger partial charge in [0, 0.05) is 6.04 Å². The van der Waals surface area contributed by atoms with E-state index >= 15 is 0 Å². The molecule has 8 atom stereocenters. The Bertz CT molecular complexity index is 247. The highest BCUT2D eigenvalue weighted by Gasteiger charge is 2.77. The van der Waals surface area contributed by atoms with E-state index in [0.29, 0.717) is 6.04 Å². The molecule has 2 N–H and O–H groups in total. The molecule has 5 fully saturated rings. The Labute approximate surface area is 73.7 Å². The second kappa shape index (κ2) is 1.61. The Morgan fingerprint density at radius 2 is 1.75 bits per heavy atom. The molecular formula is C11H17N. The first kappa shape index (κ1) is 6.42. The van der Waals surface area contributed by atoms with E-state index in [1.165, 1.54) is 24.2 Å². The molecule has 0 aliphatic heterocycles. The van der Waals surface area contributed by atoms with E-state index in [2.05, 4.69) is 6.92 Å². The van der Waals surface area contributed by atoms with Gasteiger partial charge in [-0.05, 0) is 61.2 Å². The first-order valence-electron chi connectivity index (χ1n) is 5.54. The molecule has 5 rings (SSSR count). The van der Waals surface area contributed by atoms with Gasteiger partial charge in [-0.3, -0.25) is 0 Å². The Balaban J connectivity index is 1.74. The van der Waals surface area contributed by atoms with Crippen molar-refractivity contribution in [1.29, 1.82) is 0 Å². The molecule has 5 saturated carbocycles. The van der Waals surface area contributed by atoms with Crippen molar-refractivity contribution in [3.05, 3.63) is 0 Å². The summed E-state index contributed by atoms with van der Waals surface area (Å²) in [5.41, 5.74) is 6.05. The van der Waals surface area contributed by atoms with Crippen molar-refractivity contribution in [2.45, 2.75) is 25.8 Å². The lowest BCUT2D eigenvalue weighted by Crippen LogP contribution is -2.31. The first-order chi connectivity index (χ1) is 5.79. The molecule has 0 aromatic rings. The third-order valence-corrected chi connectivity index (χ3v) is 5.53. The van der Waals surface area contributed by atoms with Gasteiger partial charge in [-0.1, -0.05) is 0 Å². The SMILES string of the molecule is CC(N)[C@H]1CC2C3CC4C2C4C31. The standard InChI is InChI=1S/C11H17N/c1-4(12)5-2-6-7-3-8-10(6)11(8)9(5)7/h4-11H,2-3,12H2,1H3/t4?,5-,6?,7?,8?,9?,10?,11?/m1/s1. The van der Waals surface area contributed by atoms with Gasteiger partial charge in [0.15, 0.2) is 0 Å². The van der Waals surface area contributed by atoms with E-state index in [4.69, 9.17) is 5.73 Å². The fourth-order valence-corrected chi connectivity index (χ4v) is 5.36. The number of nitrogens with two attached hydrogens (primary N) is 1. The van der Waals surface area contributed by atoms with Crippen molar-refractivity contribution in [3.63, 3.8) is 0 Å². The summed E-state index contributed by atoms with van der Waals surface area (Å²) in [5.74, 6) is 7.84. The second-order valence-electron chi connectivity index (χ2n) is 5.72. The molecule has 5 aliphatic carbocycles. The summed E-state index contributed by atoms with van der Waals surface area (Å²) >= 11 is 0. The van der Waals surface area contributed by atoms with Crippen molar-refractivity contribution in [3.8, 4) is 0 Å². The fraction of sp³-hybridized carbons (Fsp3) is 1.00. The Morgan fingerprint density at radius 1 is 1.00 bits per heavy atom. The highest BCUT2D eigenvalue weighted by molar-refractivity contribution is 5.25. The molecule has 6 bridgehead atoms. The van der Waals surface area contributed by atoms with Crippen molar-refractivity contribution in [1.82, 2.24) is 0 Å². The Hall–Kier alpha value is -0.0400. The molecule has 0 spiro atoms. The van der Waals surface area contributed by atoms with E-state index in [1.807, 2.05) is 0 Å². The lowest BCUT2D eigenvalue weighted by Gasteiger charge is -2.24. The molecular weight excluding hydrogens is 146 g/mol. The highest BCUT2D eigenvalue weighted by Crippen LogP contribution is 2.82. The van der Waals surface area contributed by atoms with Crippen LogP contribution in [-0.2, 0) is 0 Å².